The van der Waals surface area contributed by atoms with Crippen LogP contribution in [0.15, 0.2) is 40.7 Å². The van der Waals surface area contributed by atoms with Crippen molar-refractivity contribution in [3.05, 3.63) is 58.1 Å². The molecule has 3 rings (SSSR count). The van der Waals surface area contributed by atoms with Gasteiger partial charge in [0.2, 0.25) is 0 Å². The van der Waals surface area contributed by atoms with Gasteiger partial charge in [0, 0.05) is 5.69 Å². The van der Waals surface area contributed by atoms with Gasteiger partial charge in [-0.1, -0.05) is 12.1 Å². The lowest BCUT2D eigenvalue weighted by Gasteiger charge is -2.14. The van der Waals surface area contributed by atoms with Crippen LogP contribution in [0.1, 0.15) is 32.0 Å². The van der Waals surface area contributed by atoms with Crippen molar-refractivity contribution in [1.82, 2.24) is 9.97 Å². The number of carbonyl (C=O) groups is 2. The predicted molar refractivity (Wildman–Crippen MR) is 112 cm³/mol. The molecular formula is C20H19N3O3S2. The van der Waals surface area contributed by atoms with Crippen LogP contribution in [-0.4, -0.2) is 35.2 Å². The zero-order valence-corrected chi connectivity index (χ0v) is 17.5. The van der Waals surface area contributed by atoms with Crippen LogP contribution in [0.2, 0.25) is 0 Å². The van der Waals surface area contributed by atoms with E-state index in [1.165, 1.54) is 18.9 Å². The number of aromatic nitrogens is 2. The number of rotatable bonds is 5. The van der Waals surface area contributed by atoms with E-state index in [0.717, 1.165) is 10.4 Å². The smallest absolute Gasteiger partial charge is 0.337 e. The van der Waals surface area contributed by atoms with E-state index in [9.17, 15) is 9.59 Å². The summed E-state index contributed by atoms with van der Waals surface area (Å²) in [5.41, 5.74) is 2.77. The van der Waals surface area contributed by atoms with Gasteiger partial charge in [-0.3, -0.25) is 4.79 Å². The molecule has 0 bridgehead atoms. The molecule has 2 aromatic heterocycles. The van der Waals surface area contributed by atoms with Crippen molar-refractivity contribution in [3.63, 3.8) is 0 Å². The molecule has 1 N–H and O–H groups in total. The summed E-state index contributed by atoms with van der Waals surface area (Å²) < 4.78 is 4.75. The summed E-state index contributed by atoms with van der Waals surface area (Å²) in [6.07, 6.45) is 1.87. The van der Waals surface area contributed by atoms with Gasteiger partial charge in [0.25, 0.3) is 5.91 Å². The molecule has 0 aliphatic carbocycles. The van der Waals surface area contributed by atoms with Crippen molar-refractivity contribution in [2.45, 2.75) is 18.9 Å². The molecule has 0 aliphatic heterocycles. The first-order valence-electron chi connectivity index (χ1n) is 8.41. The van der Waals surface area contributed by atoms with E-state index in [4.69, 9.17) is 4.74 Å². The summed E-state index contributed by atoms with van der Waals surface area (Å²) >= 11 is 2.94. The SMILES string of the molecule is COC(=O)c1ccc(C)c(NC(=O)c2c(C)nc(-c3cccs3)nc2SC)c1. The highest BCUT2D eigenvalue weighted by molar-refractivity contribution is 7.98. The minimum Gasteiger partial charge on any atom is -0.465 e. The fraction of sp³-hybridized carbons (Fsp3) is 0.200. The van der Waals surface area contributed by atoms with Crippen LogP contribution in [0.4, 0.5) is 5.69 Å². The molecule has 0 unspecified atom stereocenters. The van der Waals surface area contributed by atoms with Gasteiger partial charge in [-0.15, -0.1) is 23.1 Å². The fourth-order valence-corrected chi connectivity index (χ4v) is 3.94. The topological polar surface area (TPSA) is 81.2 Å². The zero-order valence-electron chi connectivity index (χ0n) is 15.9. The molecule has 28 heavy (non-hydrogen) atoms. The van der Waals surface area contributed by atoms with Crippen molar-refractivity contribution in [1.29, 1.82) is 0 Å². The largest absolute Gasteiger partial charge is 0.465 e. The Labute approximate surface area is 171 Å². The Hall–Kier alpha value is -2.71. The van der Waals surface area contributed by atoms with E-state index in [2.05, 4.69) is 15.3 Å². The molecule has 144 valence electrons. The Morgan fingerprint density at radius 3 is 2.61 bits per heavy atom. The molecule has 3 aromatic rings. The number of aryl methyl sites for hydroxylation is 2. The molecule has 0 spiro atoms. The number of esters is 1. The van der Waals surface area contributed by atoms with Crippen LogP contribution in [0.5, 0.6) is 0 Å². The predicted octanol–water partition coefficient (Wildman–Crippen LogP) is 4.58. The lowest BCUT2D eigenvalue weighted by Crippen LogP contribution is -2.18. The Morgan fingerprint density at radius 1 is 1.18 bits per heavy atom. The number of benzene rings is 1. The molecular weight excluding hydrogens is 394 g/mol. The van der Waals surface area contributed by atoms with Gasteiger partial charge < -0.3 is 10.1 Å². The van der Waals surface area contributed by atoms with E-state index in [1.807, 2.05) is 30.7 Å². The highest BCUT2D eigenvalue weighted by atomic mass is 32.2. The monoisotopic (exact) mass is 413 g/mol. The molecule has 0 radical (unpaired) electrons. The highest BCUT2D eigenvalue weighted by Crippen LogP contribution is 2.28. The van der Waals surface area contributed by atoms with Crippen molar-refractivity contribution >= 4 is 40.7 Å². The third-order valence-corrected chi connectivity index (χ3v) is 5.67. The fourth-order valence-electron chi connectivity index (χ4n) is 2.66. The van der Waals surface area contributed by atoms with E-state index in [0.29, 0.717) is 33.4 Å². The number of nitrogens with one attached hydrogen (secondary N) is 1. The normalized spacial score (nSPS) is 10.6. The summed E-state index contributed by atoms with van der Waals surface area (Å²) in [7, 11) is 1.32. The Balaban J connectivity index is 1.96. The first-order valence-corrected chi connectivity index (χ1v) is 10.5. The second kappa shape index (κ2) is 8.53. The minimum absolute atomic E-state index is 0.315. The molecule has 1 aromatic carbocycles. The van der Waals surface area contributed by atoms with Crippen LogP contribution in [0, 0.1) is 13.8 Å². The highest BCUT2D eigenvalue weighted by Gasteiger charge is 2.20. The van der Waals surface area contributed by atoms with Crippen LogP contribution < -0.4 is 5.32 Å². The maximum atomic E-state index is 13.0. The Kier molecular flexibility index (Phi) is 6.11. The average molecular weight is 414 g/mol. The Bertz CT molecular complexity index is 1030. The van der Waals surface area contributed by atoms with Crippen molar-refractivity contribution < 1.29 is 14.3 Å². The summed E-state index contributed by atoms with van der Waals surface area (Å²) in [4.78, 5) is 34.8. The number of thiophene rings is 1. The molecule has 8 heteroatoms. The van der Waals surface area contributed by atoms with Crippen molar-refractivity contribution in [2.75, 3.05) is 18.7 Å². The molecule has 0 saturated heterocycles. The van der Waals surface area contributed by atoms with Crippen LogP contribution >= 0.6 is 23.1 Å². The van der Waals surface area contributed by atoms with Crippen molar-refractivity contribution in [3.8, 4) is 10.7 Å². The minimum atomic E-state index is -0.458. The average Bonchev–Trinajstić information content (AvgIpc) is 3.23. The third-order valence-electron chi connectivity index (χ3n) is 4.13. The lowest BCUT2D eigenvalue weighted by atomic mass is 10.1. The molecule has 0 atom stereocenters. The molecule has 1 amide bonds. The molecule has 2 heterocycles. The van der Waals surface area contributed by atoms with Gasteiger partial charge in [-0.05, 0) is 49.2 Å². The van der Waals surface area contributed by atoms with Crippen LogP contribution in [0.25, 0.3) is 10.7 Å². The first-order chi connectivity index (χ1) is 13.4. The number of nitrogens with zero attached hydrogens (tertiary/aromatic N) is 2. The van der Waals surface area contributed by atoms with Gasteiger partial charge in [0.05, 0.1) is 28.8 Å². The number of ether oxygens (including phenoxy) is 1. The number of methoxy groups -OCH3 is 1. The Morgan fingerprint density at radius 2 is 1.96 bits per heavy atom. The summed E-state index contributed by atoms with van der Waals surface area (Å²) in [6.45, 7) is 3.65. The molecule has 0 aliphatic rings. The maximum absolute atomic E-state index is 13.0. The molecule has 0 fully saturated rings. The van der Waals surface area contributed by atoms with E-state index >= 15 is 0 Å². The summed E-state index contributed by atoms with van der Waals surface area (Å²) in [5.74, 6) is -0.165. The maximum Gasteiger partial charge on any atom is 0.337 e. The number of hydrogen-bond acceptors (Lipinski definition) is 7. The lowest BCUT2D eigenvalue weighted by molar-refractivity contribution is 0.0600. The third kappa shape index (κ3) is 4.07. The zero-order chi connectivity index (χ0) is 20.3. The second-order valence-corrected chi connectivity index (χ2v) is 7.71. The number of hydrogen-bond donors (Lipinski definition) is 1. The molecule has 6 nitrogen and oxygen atoms in total. The number of amides is 1. The quantitative estimate of drug-likeness (QED) is 0.374. The number of carbonyl (C=O) groups excluding carboxylic acids is 2. The van der Waals surface area contributed by atoms with Gasteiger partial charge in [0.15, 0.2) is 5.82 Å². The van der Waals surface area contributed by atoms with E-state index in [1.54, 1.807) is 36.5 Å². The van der Waals surface area contributed by atoms with Crippen LogP contribution in [0.3, 0.4) is 0 Å². The van der Waals surface area contributed by atoms with Gasteiger partial charge in [-0.25, -0.2) is 14.8 Å². The van der Waals surface area contributed by atoms with Gasteiger partial charge in [0.1, 0.15) is 5.03 Å². The molecule has 0 saturated carbocycles. The van der Waals surface area contributed by atoms with Gasteiger partial charge >= 0.3 is 5.97 Å². The first kappa shape index (κ1) is 20.0. The van der Waals surface area contributed by atoms with Crippen molar-refractivity contribution in [2.24, 2.45) is 0 Å². The second-order valence-electron chi connectivity index (χ2n) is 5.97. The van der Waals surface area contributed by atoms with Crippen LogP contribution in [-0.2, 0) is 4.74 Å². The number of anilines is 1. The summed E-state index contributed by atoms with van der Waals surface area (Å²) in [6, 6.07) is 8.92. The standard InChI is InChI=1S/C20H19N3O3S2/c1-11-7-8-13(20(25)26-3)10-14(11)22-18(24)16-12(2)21-17(23-19(16)27-4)15-6-5-9-28-15/h5-10H,1-4H3,(H,22,24). The van der Waals surface area contributed by atoms with Gasteiger partial charge in [-0.2, -0.15) is 0 Å². The number of thioether (sulfide) groups is 1. The van der Waals surface area contributed by atoms with E-state index < -0.39 is 5.97 Å². The summed E-state index contributed by atoms with van der Waals surface area (Å²) in [5, 5.41) is 5.45. The van der Waals surface area contributed by atoms with E-state index in [-0.39, 0.29) is 5.91 Å².